The van der Waals surface area contributed by atoms with Crippen LogP contribution in [0.5, 0.6) is 5.75 Å². The van der Waals surface area contributed by atoms with Crippen LogP contribution in [0.4, 0.5) is 5.82 Å². The first-order valence-corrected chi connectivity index (χ1v) is 10.2. The van der Waals surface area contributed by atoms with Crippen molar-refractivity contribution in [3.05, 3.63) is 88.2 Å². The summed E-state index contributed by atoms with van der Waals surface area (Å²) in [7, 11) is 0. The summed E-state index contributed by atoms with van der Waals surface area (Å²) in [4.78, 5) is 28.8. The quantitative estimate of drug-likeness (QED) is 0.358. The van der Waals surface area contributed by atoms with Gasteiger partial charge in [0.1, 0.15) is 17.9 Å². The number of hydrogen-bond acceptors (Lipinski definition) is 6. The summed E-state index contributed by atoms with van der Waals surface area (Å²) in [5.74, 6) is -0.689. The highest BCUT2D eigenvalue weighted by molar-refractivity contribution is 6.36. The van der Waals surface area contributed by atoms with Crippen LogP contribution >= 0.6 is 23.2 Å². The second-order valence-corrected chi connectivity index (χ2v) is 7.46. The molecule has 4 aromatic rings. The number of esters is 1. The Kier molecular flexibility index (Phi) is 6.58. The Morgan fingerprint density at radius 1 is 1.03 bits per heavy atom. The lowest BCUT2D eigenvalue weighted by Gasteiger charge is -2.08. The van der Waals surface area contributed by atoms with Crippen molar-refractivity contribution in [1.29, 1.82) is 0 Å². The monoisotopic (exact) mass is 470 g/mol. The molecule has 0 saturated carbocycles. The first-order chi connectivity index (χ1) is 15.5. The van der Waals surface area contributed by atoms with Gasteiger partial charge >= 0.3 is 5.97 Å². The summed E-state index contributed by atoms with van der Waals surface area (Å²) >= 11 is 11.8. The van der Waals surface area contributed by atoms with Crippen LogP contribution in [0.25, 0.3) is 11.0 Å². The van der Waals surface area contributed by atoms with Crippen molar-refractivity contribution in [2.45, 2.75) is 6.61 Å². The third-order valence-electron chi connectivity index (χ3n) is 4.41. The number of carbonyl (C=O) groups is 2. The van der Waals surface area contributed by atoms with E-state index in [2.05, 4.69) is 10.3 Å². The van der Waals surface area contributed by atoms with Crippen LogP contribution in [0.3, 0.4) is 0 Å². The van der Waals surface area contributed by atoms with E-state index in [1.54, 1.807) is 24.3 Å². The van der Waals surface area contributed by atoms with E-state index in [1.807, 2.05) is 30.3 Å². The molecule has 0 atom stereocenters. The van der Waals surface area contributed by atoms with Crippen molar-refractivity contribution in [3.63, 3.8) is 0 Å². The normalized spacial score (nSPS) is 10.7. The molecular formula is C23H16Cl2N2O5. The number of rotatable bonds is 7. The van der Waals surface area contributed by atoms with Crippen molar-refractivity contribution >= 4 is 51.9 Å². The zero-order chi connectivity index (χ0) is 22.5. The first kappa shape index (κ1) is 21.7. The summed E-state index contributed by atoms with van der Waals surface area (Å²) in [6.45, 7) is -0.475. The van der Waals surface area contributed by atoms with Crippen molar-refractivity contribution in [3.8, 4) is 5.75 Å². The molecule has 0 aliphatic heterocycles. The Bertz CT molecular complexity index is 1270. The number of halogens is 2. The average molecular weight is 471 g/mol. The lowest BCUT2D eigenvalue weighted by molar-refractivity contribution is -0.119. The zero-order valence-corrected chi connectivity index (χ0v) is 18.0. The smallest absolute Gasteiger partial charge is 0.375 e. The number of anilines is 1. The van der Waals surface area contributed by atoms with Gasteiger partial charge < -0.3 is 19.2 Å². The van der Waals surface area contributed by atoms with Gasteiger partial charge in [-0.25, -0.2) is 9.78 Å². The number of ether oxygens (including phenoxy) is 2. The third-order valence-corrected chi connectivity index (χ3v) is 4.90. The van der Waals surface area contributed by atoms with Crippen molar-refractivity contribution in [1.82, 2.24) is 4.98 Å². The van der Waals surface area contributed by atoms with Gasteiger partial charge in [0.2, 0.25) is 5.76 Å². The fourth-order valence-corrected chi connectivity index (χ4v) is 3.38. The van der Waals surface area contributed by atoms with E-state index in [4.69, 9.17) is 37.1 Å². The van der Waals surface area contributed by atoms with Crippen LogP contribution in [-0.4, -0.2) is 23.5 Å². The fourth-order valence-electron chi connectivity index (χ4n) is 2.95. The van der Waals surface area contributed by atoms with Crippen molar-refractivity contribution in [2.75, 3.05) is 11.9 Å². The van der Waals surface area contributed by atoms with Crippen LogP contribution in [0.15, 0.2) is 71.3 Å². The van der Waals surface area contributed by atoms with Crippen LogP contribution in [0.2, 0.25) is 10.0 Å². The zero-order valence-electron chi connectivity index (χ0n) is 16.5. The van der Waals surface area contributed by atoms with Gasteiger partial charge in [-0.1, -0.05) is 59.6 Å². The fraction of sp³-hybridized carbons (Fsp3) is 0.0870. The van der Waals surface area contributed by atoms with Crippen LogP contribution < -0.4 is 10.1 Å². The summed E-state index contributed by atoms with van der Waals surface area (Å²) in [5, 5.41) is 3.67. The van der Waals surface area contributed by atoms with Crippen LogP contribution in [0.1, 0.15) is 16.1 Å². The van der Waals surface area contributed by atoms with E-state index in [9.17, 15) is 9.59 Å². The molecule has 1 amide bonds. The number of fused-ring (bicyclic) bond motifs is 1. The molecule has 0 radical (unpaired) electrons. The molecule has 2 heterocycles. The second-order valence-electron chi connectivity index (χ2n) is 6.62. The minimum atomic E-state index is -0.793. The van der Waals surface area contributed by atoms with E-state index in [0.29, 0.717) is 21.9 Å². The Morgan fingerprint density at radius 3 is 2.56 bits per heavy atom. The molecule has 0 spiro atoms. The predicted octanol–water partition coefficient (Wildman–Crippen LogP) is 5.51. The highest BCUT2D eigenvalue weighted by Crippen LogP contribution is 2.28. The van der Waals surface area contributed by atoms with Gasteiger partial charge in [0.25, 0.3) is 5.91 Å². The Morgan fingerprint density at radius 2 is 1.78 bits per heavy atom. The number of amides is 1. The van der Waals surface area contributed by atoms with Gasteiger partial charge in [-0.15, -0.1) is 0 Å². The third kappa shape index (κ3) is 5.01. The predicted molar refractivity (Wildman–Crippen MR) is 120 cm³/mol. The molecule has 0 fully saturated rings. The van der Waals surface area contributed by atoms with E-state index < -0.39 is 18.5 Å². The molecule has 9 heteroatoms. The molecule has 7 nitrogen and oxygen atoms in total. The molecule has 2 aromatic carbocycles. The minimum absolute atomic E-state index is 0.0300. The van der Waals surface area contributed by atoms with E-state index in [1.165, 1.54) is 12.3 Å². The largest absolute Gasteiger partial charge is 0.489 e. The van der Waals surface area contributed by atoms with E-state index in [0.717, 1.165) is 5.39 Å². The topological polar surface area (TPSA) is 90.7 Å². The highest BCUT2D eigenvalue weighted by Gasteiger charge is 2.23. The maximum Gasteiger partial charge on any atom is 0.375 e. The molecular weight excluding hydrogens is 455 g/mol. The first-order valence-electron chi connectivity index (χ1n) is 9.47. The number of nitrogens with one attached hydrogen (secondary N) is 1. The molecule has 0 aliphatic rings. The summed E-state index contributed by atoms with van der Waals surface area (Å²) in [5.41, 5.74) is 1.03. The van der Waals surface area contributed by atoms with Gasteiger partial charge in [0, 0.05) is 11.6 Å². The number of nitrogens with zero attached hydrogens (tertiary/aromatic N) is 1. The summed E-state index contributed by atoms with van der Waals surface area (Å²) < 4.78 is 16.6. The lowest BCUT2D eigenvalue weighted by atomic mass is 10.1. The molecule has 4 rings (SSSR count). The average Bonchev–Trinajstić information content (AvgIpc) is 3.17. The van der Waals surface area contributed by atoms with Crippen LogP contribution in [-0.2, 0) is 16.1 Å². The van der Waals surface area contributed by atoms with E-state index >= 15 is 0 Å². The number of benzene rings is 2. The number of aromatic nitrogens is 1. The van der Waals surface area contributed by atoms with Gasteiger partial charge in [0.05, 0.1) is 15.6 Å². The number of furan rings is 1. The highest BCUT2D eigenvalue weighted by atomic mass is 35.5. The Hall–Kier alpha value is -3.55. The Labute approximate surface area is 192 Å². The minimum Gasteiger partial charge on any atom is -0.489 e. The van der Waals surface area contributed by atoms with Gasteiger partial charge in [-0.2, -0.15) is 0 Å². The SMILES string of the molecule is O=C(COC(=O)c1oc2ccccc2c1COc1ccccc1)Nc1ncc(Cl)cc1Cl. The maximum atomic E-state index is 12.7. The van der Waals surface area contributed by atoms with Gasteiger partial charge in [0.15, 0.2) is 12.4 Å². The molecule has 1 N–H and O–H groups in total. The number of carbonyl (C=O) groups excluding carboxylic acids is 2. The molecule has 0 aliphatic carbocycles. The Balaban J connectivity index is 1.47. The molecule has 0 saturated heterocycles. The van der Waals surface area contributed by atoms with Crippen molar-refractivity contribution in [2.24, 2.45) is 0 Å². The summed E-state index contributed by atoms with van der Waals surface area (Å²) in [6, 6.07) is 17.8. The molecule has 0 bridgehead atoms. The van der Waals surface area contributed by atoms with Gasteiger partial charge in [-0.05, 0) is 24.3 Å². The molecule has 0 unspecified atom stereocenters. The second kappa shape index (κ2) is 9.72. The molecule has 32 heavy (non-hydrogen) atoms. The summed E-state index contributed by atoms with van der Waals surface area (Å²) in [6.07, 6.45) is 1.34. The molecule has 162 valence electrons. The number of pyridine rings is 1. The number of para-hydroxylation sites is 2. The number of hydrogen-bond donors (Lipinski definition) is 1. The van der Waals surface area contributed by atoms with E-state index in [-0.39, 0.29) is 23.2 Å². The van der Waals surface area contributed by atoms with Crippen LogP contribution in [0, 0.1) is 0 Å². The maximum absolute atomic E-state index is 12.7. The lowest BCUT2D eigenvalue weighted by Crippen LogP contribution is -2.22. The molecule has 2 aromatic heterocycles. The van der Waals surface area contributed by atoms with Crippen molar-refractivity contribution < 1.29 is 23.5 Å². The van der Waals surface area contributed by atoms with Gasteiger partial charge in [-0.3, -0.25) is 4.79 Å². The standard InChI is InChI=1S/C23H16Cl2N2O5/c24-14-10-18(25)22(26-11-14)27-20(28)13-31-23(29)21-17(12-30-15-6-2-1-3-7-15)16-8-4-5-9-19(16)32-21/h1-11H,12-13H2,(H,26,27,28).